The Bertz CT molecular complexity index is 304. The average Bonchev–Trinajstić information content (AvgIpc) is 2.43. The van der Waals surface area contributed by atoms with E-state index in [1.165, 1.54) is 0 Å². The predicted octanol–water partition coefficient (Wildman–Crippen LogP) is 1.33. The fourth-order valence-corrected chi connectivity index (χ4v) is 1.38. The summed E-state index contributed by atoms with van der Waals surface area (Å²) in [5.41, 5.74) is 0.696. The monoisotopic (exact) mass is 256 g/mol. The van der Waals surface area contributed by atoms with Crippen molar-refractivity contribution in [3.8, 4) is 0 Å². The lowest BCUT2D eigenvalue weighted by atomic mass is 10.2. The maximum atomic E-state index is 9.69. The van der Waals surface area contributed by atoms with Gasteiger partial charge in [-0.05, 0) is 0 Å². The van der Waals surface area contributed by atoms with Crippen molar-refractivity contribution < 1.29 is 24.1 Å². The van der Waals surface area contributed by atoms with Gasteiger partial charge < -0.3 is 24.1 Å². The summed E-state index contributed by atoms with van der Waals surface area (Å²) in [6.07, 6.45) is -1.11. The molecule has 1 aromatic carbocycles. The van der Waals surface area contributed by atoms with Crippen molar-refractivity contribution in [1.82, 2.24) is 0 Å². The first-order valence-corrected chi connectivity index (χ1v) is 5.72. The normalized spacial score (nSPS) is 14.4. The highest BCUT2D eigenvalue weighted by molar-refractivity contribution is 5.15. The topological polar surface area (TPSA) is 57.2 Å². The minimum Gasteiger partial charge on any atom is -0.382 e. The number of methoxy groups -OCH3 is 2. The maximum absolute atomic E-state index is 9.69. The quantitative estimate of drug-likeness (QED) is 0.533. The van der Waals surface area contributed by atoms with Gasteiger partial charge in [0.05, 0.1) is 13.2 Å². The molecule has 1 aromatic rings. The molecule has 0 spiro atoms. The second-order valence-electron chi connectivity index (χ2n) is 3.73. The molecule has 0 amide bonds. The first-order valence-electron chi connectivity index (χ1n) is 5.72. The molecule has 5 nitrogen and oxygen atoms in total. The van der Waals surface area contributed by atoms with Crippen LogP contribution in [0.25, 0.3) is 0 Å². The molecule has 0 aromatic heterocycles. The van der Waals surface area contributed by atoms with E-state index in [4.69, 9.17) is 18.9 Å². The zero-order valence-corrected chi connectivity index (χ0v) is 10.7. The standard InChI is InChI=1S/C13H20O5/c1-15-8-12(16-2)9-17-10-18-13(14)11-6-4-3-5-7-11/h3-7,12-14H,8-10H2,1-2H3. The summed E-state index contributed by atoms with van der Waals surface area (Å²) in [6.45, 7) is 0.809. The van der Waals surface area contributed by atoms with Crippen molar-refractivity contribution in [2.75, 3.05) is 34.2 Å². The zero-order valence-electron chi connectivity index (χ0n) is 10.7. The van der Waals surface area contributed by atoms with E-state index in [1.807, 2.05) is 18.2 Å². The number of rotatable bonds is 9. The lowest BCUT2D eigenvalue weighted by molar-refractivity contribution is -0.183. The van der Waals surface area contributed by atoms with Gasteiger partial charge in [-0.25, -0.2) is 0 Å². The molecule has 5 heteroatoms. The van der Waals surface area contributed by atoms with Gasteiger partial charge in [0, 0.05) is 19.8 Å². The van der Waals surface area contributed by atoms with E-state index in [-0.39, 0.29) is 12.9 Å². The molecule has 0 radical (unpaired) electrons. The molecule has 0 heterocycles. The van der Waals surface area contributed by atoms with E-state index in [9.17, 15) is 5.11 Å². The molecule has 0 fully saturated rings. The maximum Gasteiger partial charge on any atom is 0.183 e. The zero-order chi connectivity index (χ0) is 13.2. The second-order valence-corrected chi connectivity index (χ2v) is 3.73. The summed E-state index contributed by atoms with van der Waals surface area (Å²) < 4.78 is 20.4. The molecule has 102 valence electrons. The Morgan fingerprint density at radius 1 is 1.11 bits per heavy atom. The van der Waals surface area contributed by atoms with Crippen molar-refractivity contribution in [2.45, 2.75) is 12.4 Å². The van der Waals surface area contributed by atoms with Crippen LogP contribution in [0.1, 0.15) is 11.9 Å². The Morgan fingerprint density at radius 2 is 1.83 bits per heavy atom. The Kier molecular flexibility index (Phi) is 7.55. The van der Waals surface area contributed by atoms with Gasteiger partial charge in [0.25, 0.3) is 0 Å². The Hall–Kier alpha value is -0.980. The van der Waals surface area contributed by atoms with Crippen LogP contribution in [0.15, 0.2) is 30.3 Å². The molecule has 0 aliphatic carbocycles. The smallest absolute Gasteiger partial charge is 0.183 e. The fraction of sp³-hybridized carbons (Fsp3) is 0.538. The van der Waals surface area contributed by atoms with Gasteiger partial charge in [-0.2, -0.15) is 0 Å². The number of hydrogen-bond donors (Lipinski definition) is 1. The van der Waals surface area contributed by atoms with Crippen molar-refractivity contribution >= 4 is 0 Å². The summed E-state index contributed by atoms with van der Waals surface area (Å²) in [5.74, 6) is 0. The third kappa shape index (κ3) is 5.57. The van der Waals surface area contributed by atoms with Gasteiger partial charge in [0.2, 0.25) is 0 Å². The number of benzene rings is 1. The molecule has 1 N–H and O–H groups in total. The summed E-state index contributed by atoms with van der Waals surface area (Å²) >= 11 is 0. The van der Waals surface area contributed by atoms with Crippen molar-refractivity contribution in [2.24, 2.45) is 0 Å². The van der Waals surface area contributed by atoms with Gasteiger partial charge in [-0.3, -0.25) is 0 Å². The first kappa shape index (κ1) is 15.1. The van der Waals surface area contributed by atoms with Crippen LogP contribution in [0.2, 0.25) is 0 Å². The van der Waals surface area contributed by atoms with Crippen LogP contribution in [0, 0.1) is 0 Å². The molecule has 2 unspecified atom stereocenters. The summed E-state index contributed by atoms with van der Waals surface area (Å²) in [5, 5.41) is 9.69. The van der Waals surface area contributed by atoms with Crippen LogP contribution < -0.4 is 0 Å². The number of hydrogen-bond acceptors (Lipinski definition) is 5. The number of aliphatic hydroxyl groups is 1. The molecule has 18 heavy (non-hydrogen) atoms. The Labute approximate surface area is 107 Å². The van der Waals surface area contributed by atoms with Gasteiger partial charge in [0.1, 0.15) is 12.9 Å². The van der Waals surface area contributed by atoms with Crippen LogP contribution in [0.5, 0.6) is 0 Å². The number of aliphatic hydroxyl groups excluding tert-OH is 1. The van der Waals surface area contributed by atoms with E-state index in [0.717, 1.165) is 0 Å². The van der Waals surface area contributed by atoms with E-state index in [1.54, 1.807) is 26.4 Å². The van der Waals surface area contributed by atoms with Crippen molar-refractivity contribution in [1.29, 1.82) is 0 Å². The second kappa shape index (κ2) is 9.02. The summed E-state index contributed by atoms with van der Waals surface area (Å²) in [7, 11) is 3.19. The SMILES string of the molecule is COCC(COCOC(O)c1ccccc1)OC. The third-order valence-corrected chi connectivity index (χ3v) is 2.38. The molecule has 0 aliphatic rings. The van der Waals surface area contributed by atoms with Crippen LogP contribution in [-0.4, -0.2) is 45.4 Å². The van der Waals surface area contributed by atoms with Gasteiger partial charge in [0.15, 0.2) is 6.29 Å². The summed E-state index contributed by atoms with van der Waals surface area (Å²) in [6, 6.07) is 9.12. The van der Waals surface area contributed by atoms with E-state index < -0.39 is 6.29 Å². The van der Waals surface area contributed by atoms with Gasteiger partial charge in [-0.1, -0.05) is 30.3 Å². The Balaban J connectivity index is 2.18. The number of ether oxygens (including phenoxy) is 4. The molecular formula is C13H20O5. The highest BCUT2D eigenvalue weighted by Gasteiger charge is 2.09. The predicted molar refractivity (Wildman–Crippen MR) is 66.0 cm³/mol. The van der Waals surface area contributed by atoms with E-state index in [0.29, 0.717) is 18.8 Å². The molecule has 0 saturated heterocycles. The fourth-order valence-electron chi connectivity index (χ4n) is 1.38. The van der Waals surface area contributed by atoms with Gasteiger partial charge >= 0.3 is 0 Å². The molecular weight excluding hydrogens is 236 g/mol. The minimum atomic E-state index is -0.977. The first-order chi connectivity index (χ1) is 8.77. The Morgan fingerprint density at radius 3 is 2.44 bits per heavy atom. The van der Waals surface area contributed by atoms with Crippen LogP contribution in [0.4, 0.5) is 0 Å². The molecule has 1 rings (SSSR count). The molecule has 2 atom stereocenters. The van der Waals surface area contributed by atoms with E-state index >= 15 is 0 Å². The highest BCUT2D eigenvalue weighted by atomic mass is 16.7. The third-order valence-electron chi connectivity index (χ3n) is 2.38. The lowest BCUT2D eigenvalue weighted by Crippen LogP contribution is -2.24. The lowest BCUT2D eigenvalue weighted by Gasteiger charge is -2.16. The van der Waals surface area contributed by atoms with Crippen LogP contribution in [-0.2, 0) is 18.9 Å². The molecule has 0 saturated carbocycles. The minimum absolute atomic E-state index is 0.000362. The van der Waals surface area contributed by atoms with Crippen molar-refractivity contribution in [3.05, 3.63) is 35.9 Å². The van der Waals surface area contributed by atoms with Crippen LogP contribution in [0.3, 0.4) is 0 Å². The average molecular weight is 256 g/mol. The van der Waals surface area contributed by atoms with Crippen LogP contribution >= 0.6 is 0 Å². The van der Waals surface area contributed by atoms with Gasteiger partial charge in [-0.15, -0.1) is 0 Å². The molecule has 0 bridgehead atoms. The van der Waals surface area contributed by atoms with E-state index in [2.05, 4.69) is 0 Å². The highest BCUT2D eigenvalue weighted by Crippen LogP contribution is 2.12. The summed E-state index contributed by atoms with van der Waals surface area (Å²) in [4.78, 5) is 0. The largest absolute Gasteiger partial charge is 0.382 e. The van der Waals surface area contributed by atoms with Crippen molar-refractivity contribution in [3.63, 3.8) is 0 Å². The molecule has 0 aliphatic heterocycles.